The highest BCUT2D eigenvalue weighted by Crippen LogP contribution is 2.47. The molecule has 0 unspecified atom stereocenters. The standard InChI is InChI=1S/C10H14Cl3NO3/c1-16-4-17-6-3-2-5(11)7-8(6)14-9(15)10(7,12)13/h5-8H,2-4H2,1H3,(H,14,15)/t5-,6-,7+,8-/m1/s1. The van der Waals surface area contributed by atoms with Crippen LogP contribution in [-0.2, 0) is 14.3 Å². The lowest BCUT2D eigenvalue weighted by Crippen LogP contribution is -2.49. The number of methoxy groups -OCH3 is 1. The van der Waals surface area contributed by atoms with Crippen molar-refractivity contribution in [3.63, 3.8) is 0 Å². The molecule has 4 nitrogen and oxygen atoms in total. The van der Waals surface area contributed by atoms with E-state index in [0.29, 0.717) is 6.42 Å². The molecule has 1 aliphatic carbocycles. The molecule has 1 saturated heterocycles. The van der Waals surface area contributed by atoms with E-state index in [0.717, 1.165) is 6.42 Å². The van der Waals surface area contributed by atoms with Gasteiger partial charge in [0, 0.05) is 18.4 Å². The zero-order valence-corrected chi connectivity index (χ0v) is 11.6. The van der Waals surface area contributed by atoms with Gasteiger partial charge in [0.15, 0.2) is 0 Å². The van der Waals surface area contributed by atoms with Gasteiger partial charge in [-0.1, -0.05) is 23.2 Å². The van der Waals surface area contributed by atoms with Gasteiger partial charge in [-0.05, 0) is 12.8 Å². The average molecular weight is 303 g/mol. The van der Waals surface area contributed by atoms with Gasteiger partial charge < -0.3 is 14.8 Å². The van der Waals surface area contributed by atoms with Gasteiger partial charge in [0.25, 0.3) is 5.91 Å². The van der Waals surface area contributed by atoms with Crippen LogP contribution in [0.15, 0.2) is 0 Å². The maximum absolute atomic E-state index is 11.7. The smallest absolute Gasteiger partial charge is 0.257 e. The molecule has 4 atom stereocenters. The lowest BCUT2D eigenvalue weighted by molar-refractivity contribution is -0.121. The Bertz CT molecular complexity index is 311. The number of nitrogens with one attached hydrogen (secondary N) is 1. The zero-order valence-electron chi connectivity index (χ0n) is 9.29. The molecule has 7 heteroatoms. The van der Waals surface area contributed by atoms with Crippen LogP contribution in [0.1, 0.15) is 12.8 Å². The first-order valence-corrected chi connectivity index (χ1v) is 6.61. The maximum Gasteiger partial charge on any atom is 0.257 e. The van der Waals surface area contributed by atoms with Crippen molar-refractivity contribution >= 4 is 40.7 Å². The highest BCUT2D eigenvalue weighted by atomic mass is 35.5. The summed E-state index contributed by atoms with van der Waals surface area (Å²) in [4.78, 5) is 11.7. The summed E-state index contributed by atoms with van der Waals surface area (Å²) >= 11 is 18.4. The Hall–Kier alpha value is 0.260. The minimum absolute atomic E-state index is 0.154. The number of carbonyl (C=O) groups excluding carboxylic acids is 1. The molecular weight excluding hydrogens is 288 g/mol. The van der Waals surface area contributed by atoms with Crippen LogP contribution in [-0.4, -0.2) is 41.7 Å². The molecule has 1 aliphatic heterocycles. The van der Waals surface area contributed by atoms with E-state index in [2.05, 4.69) is 5.32 Å². The van der Waals surface area contributed by atoms with Crippen LogP contribution in [0.3, 0.4) is 0 Å². The molecule has 0 aromatic rings. The second-order valence-corrected chi connectivity index (χ2v) is 6.30. The van der Waals surface area contributed by atoms with Crippen molar-refractivity contribution in [1.82, 2.24) is 5.32 Å². The Morgan fingerprint density at radius 2 is 2.18 bits per heavy atom. The molecule has 17 heavy (non-hydrogen) atoms. The Labute approximate surface area is 115 Å². The Balaban J connectivity index is 2.15. The summed E-state index contributed by atoms with van der Waals surface area (Å²) in [5, 5.41) is 2.54. The van der Waals surface area contributed by atoms with Gasteiger partial charge in [-0.25, -0.2) is 0 Å². The van der Waals surface area contributed by atoms with Crippen LogP contribution >= 0.6 is 34.8 Å². The van der Waals surface area contributed by atoms with Crippen LogP contribution in [0.5, 0.6) is 0 Å². The van der Waals surface area contributed by atoms with E-state index in [4.69, 9.17) is 44.3 Å². The summed E-state index contributed by atoms with van der Waals surface area (Å²) in [7, 11) is 1.55. The lowest BCUT2D eigenvalue weighted by atomic mass is 9.82. The first kappa shape index (κ1) is 13.7. The normalized spacial score (nSPS) is 39.9. The minimum Gasteiger partial charge on any atom is -0.359 e. The second kappa shape index (κ2) is 5.10. The SMILES string of the molecule is COCO[C@@H]1CC[C@@H](Cl)[C@H]2[C@@H]1NC(=O)C2(Cl)Cl. The summed E-state index contributed by atoms with van der Waals surface area (Å²) in [6, 6.07) is -0.246. The molecule has 1 heterocycles. The third kappa shape index (κ3) is 2.38. The van der Waals surface area contributed by atoms with E-state index in [1.807, 2.05) is 0 Å². The third-order valence-electron chi connectivity index (χ3n) is 3.32. The van der Waals surface area contributed by atoms with E-state index < -0.39 is 10.2 Å². The zero-order chi connectivity index (χ0) is 12.6. The summed E-state index contributed by atoms with van der Waals surface area (Å²) in [5.41, 5.74) is 0. The summed E-state index contributed by atoms with van der Waals surface area (Å²) in [5.74, 6) is -0.731. The molecule has 0 radical (unpaired) electrons. The van der Waals surface area contributed by atoms with Gasteiger partial charge in [0.2, 0.25) is 4.33 Å². The fraction of sp³-hybridized carbons (Fsp3) is 0.900. The van der Waals surface area contributed by atoms with E-state index in [1.165, 1.54) is 0 Å². The Morgan fingerprint density at radius 3 is 2.82 bits per heavy atom. The predicted octanol–water partition coefficient (Wildman–Crippen LogP) is 1.67. The van der Waals surface area contributed by atoms with Crippen LogP contribution in [0, 0.1) is 5.92 Å². The molecule has 2 aliphatic rings. The number of hydrogen-bond donors (Lipinski definition) is 1. The molecule has 0 spiro atoms. The van der Waals surface area contributed by atoms with E-state index in [-0.39, 0.29) is 30.2 Å². The van der Waals surface area contributed by atoms with Gasteiger partial charge in [-0.3, -0.25) is 4.79 Å². The predicted molar refractivity (Wildman–Crippen MR) is 65.5 cm³/mol. The molecule has 2 fully saturated rings. The number of hydrogen-bond acceptors (Lipinski definition) is 3. The van der Waals surface area contributed by atoms with Crippen LogP contribution in [0.25, 0.3) is 0 Å². The monoisotopic (exact) mass is 301 g/mol. The topological polar surface area (TPSA) is 47.6 Å². The molecule has 98 valence electrons. The number of rotatable bonds is 3. The van der Waals surface area contributed by atoms with Gasteiger partial charge >= 0.3 is 0 Å². The Kier molecular flexibility index (Phi) is 4.10. The average Bonchev–Trinajstić information content (AvgIpc) is 2.50. The molecule has 1 N–H and O–H groups in total. The van der Waals surface area contributed by atoms with Gasteiger partial charge in [0.05, 0.1) is 12.1 Å². The van der Waals surface area contributed by atoms with Gasteiger partial charge in [0.1, 0.15) is 6.79 Å². The Morgan fingerprint density at radius 1 is 1.47 bits per heavy atom. The second-order valence-electron chi connectivity index (χ2n) is 4.35. The third-order valence-corrected chi connectivity index (χ3v) is 4.66. The largest absolute Gasteiger partial charge is 0.359 e. The van der Waals surface area contributed by atoms with Crippen molar-refractivity contribution in [3.8, 4) is 0 Å². The van der Waals surface area contributed by atoms with Crippen molar-refractivity contribution in [1.29, 1.82) is 0 Å². The molecule has 1 saturated carbocycles. The summed E-state index contributed by atoms with van der Waals surface area (Å²) in [6.07, 6.45) is 1.31. The molecule has 0 aromatic carbocycles. The number of halogens is 3. The molecule has 0 aromatic heterocycles. The maximum atomic E-state index is 11.7. The van der Waals surface area contributed by atoms with Crippen molar-refractivity contribution in [2.45, 2.75) is 34.7 Å². The number of fused-ring (bicyclic) bond motifs is 1. The fourth-order valence-electron chi connectivity index (χ4n) is 2.52. The highest BCUT2D eigenvalue weighted by Gasteiger charge is 2.59. The van der Waals surface area contributed by atoms with Crippen molar-refractivity contribution in [2.24, 2.45) is 5.92 Å². The van der Waals surface area contributed by atoms with E-state index in [1.54, 1.807) is 7.11 Å². The van der Waals surface area contributed by atoms with Crippen molar-refractivity contribution < 1.29 is 14.3 Å². The van der Waals surface area contributed by atoms with Gasteiger partial charge in [-0.15, -0.1) is 11.6 Å². The minimum atomic E-state index is -1.47. The molecule has 2 rings (SSSR count). The first-order valence-electron chi connectivity index (χ1n) is 5.42. The van der Waals surface area contributed by atoms with E-state index >= 15 is 0 Å². The number of amides is 1. The first-order chi connectivity index (χ1) is 7.98. The lowest BCUT2D eigenvalue weighted by Gasteiger charge is -2.37. The van der Waals surface area contributed by atoms with Crippen molar-refractivity contribution in [2.75, 3.05) is 13.9 Å². The number of carbonyl (C=O) groups is 1. The van der Waals surface area contributed by atoms with Crippen LogP contribution in [0.4, 0.5) is 0 Å². The molecular formula is C10H14Cl3NO3. The quantitative estimate of drug-likeness (QED) is 0.637. The fourth-order valence-corrected chi connectivity index (χ4v) is 3.80. The highest BCUT2D eigenvalue weighted by molar-refractivity contribution is 6.59. The van der Waals surface area contributed by atoms with Gasteiger partial charge in [-0.2, -0.15) is 0 Å². The van der Waals surface area contributed by atoms with Crippen LogP contribution < -0.4 is 5.32 Å². The number of ether oxygens (including phenoxy) is 2. The van der Waals surface area contributed by atoms with Crippen molar-refractivity contribution in [3.05, 3.63) is 0 Å². The molecule has 1 amide bonds. The van der Waals surface area contributed by atoms with E-state index in [9.17, 15) is 4.79 Å². The van der Waals surface area contributed by atoms with Crippen LogP contribution in [0.2, 0.25) is 0 Å². The molecule has 0 bridgehead atoms. The summed E-state index contributed by atoms with van der Waals surface area (Å²) in [6.45, 7) is 0.175. The summed E-state index contributed by atoms with van der Waals surface area (Å²) < 4.78 is 8.92. The number of alkyl halides is 3.